The van der Waals surface area contributed by atoms with Crippen LogP contribution in [0.1, 0.15) is 44.2 Å². The molecule has 0 aliphatic heterocycles. The SMILES string of the molecule is CC(N)c1cccc(F)c1OCC1CCCC1. The number of rotatable bonds is 4. The van der Waals surface area contributed by atoms with E-state index in [1.54, 1.807) is 6.07 Å². The van der Waals surface area contributed by atoms with Crippen LogP contribution in [0.25, 0.3) is 0 Å². The van der Waals surface area contributed by atoms with E-state index in [1.807, 2.05) is 13.0 Å². The predicted molar refractivity (Wildman–Crippen MR) is 66.5 cm³/mol. The molecule has 0 aromatic heterocycles. The summed E-state index contributed by atoms with van der Waals surface area (Å²) in [4.78, 5) is 0. The number of benzene rings is 1. The number of nitrogens with two attached hydrogens (primary N) is 1. The number of hydrogen-bond acceptors (Lipinski definition) is 2. The van der Waals surface area contributed by atoms with Gasteiger partial charge in [-0.05, 0) is 31.7 Å². The molecule has 0 amide bonds. The average Bonchev–Trinajstić information content (AvgIpc) is 2.80. The van der Waals surface area contributed by atoms with Crippen molar-refractivity contribution in [3.8, 4) is 5.75 Å². The third-order valence-electron chi connectivity index (χ3n) is 3.43. The summed E-state index contributed by atoms with van der Waals surface area (Å²) in [5.74, 6) is 0.614. The molecular weight excluding hydrogens is 217 g/mol. The minimum Gasteiger partial charge on any atom is -0.490 e. The van der Waals surface area contributed by atoms with E-state index in [0.29, 0.717) is 18.3 Å². The Morgan fingerprint density at radius 2 is 2.12 bits per heavy atom. The topological polar surface area (TPSA) is 35.2 Å². The van der Waals surface area contributed by atoms with Crippen LogP contribution in [-0.2, 0) is 0 Å². The van der Waals surface area contributed by atoms with E-state index in [-0.39, 0.29) is 11.9 Å². The largest absolute Gasteiger partial charge is 0.490 e. The second kappa shape index (κ2) is 5.50. The third kappa shape index (κ3) is 2.97. The molecule has 3 heteroatoms. The van der Waals surface area contributed by atoms with Gasteiger partial charge in [-0.15, -0.1) is 0 Å². The highest BCUT2D eigenvalue weighted by atomic mass is 19.1. The molecule has 0 saturated heterocycles. The minimum absolute atomic E-state index is 0.204. The molecule has 0 spiro atoms. The Kier molecular flexibility index (Phi) is 4.00. The van der Waals surface area contributed by atoms with Crippen LogP contribution < -0.4 is 10.5 Å². The van der Waals surface area contributed by atoms with E-state index >= 15 is 0 Å². The molecule has 1 aliphatic carbocycles. The second-order valence-electron chi connectivity index (χ2n) is 4.91. The molecule has 1 unspecified atom stereocenters. The normalized spacial score (nSPS) is 18.3. The van der Waals surface area contributed by atoms with Crippen molar-refractivity contribution in [1.29, 1.82) is 0 Å². The lowest BCUT2D eigenvalue weighted by atomic mass is 10.1. The van der Waals surface area contributed by atoms with Gasteiger partial charge in [0.15, 0.2) is 11.6 Å². The Morgan fingerprint density at radius 3 is 2.76 bits per heavy atom. The lowest BCUT2D eigenvalue weighted by Crippen LogP contribution is -2.13. The molecule has 1 atom stereocenters. The molecule has 94 valence electrons. The van der Waals surface area contributed by atoms with Gasteiger partial charge in [-0.2, -0.15) is 0 Å². The summed E-state index contributed by atoms with van der Waals surface area (Å²) in [6.07, 6.45) is 4.93. The van der Waals surface area contributed by atoms with Crippen molar-refractivity contribution in [2.75, 3.05) is 6.61 Å². The Labute approximate surface area is 102 Å². The zero-order chi connectivity index (χ0) is 12.3. The van der Waals surface area contributed by atoms with E-state index in [4.69, 9.17) is 10.5 Å². The standard InChI is InChI=1S/C14H20FNO/c1-10(16)12-7-4-8-13(15)14(12)17-9-11-5-2-3-6-11/h4,7-8,10-11H,2-3,5-6,9,16H2,1H3. The second-order valence-corrected chi connectivity index (χ2v) is 4.91. The first-order chi connectivity index (χ1) is 8.18. The van der Waals surface area contributed by atoms with Gasteiger partial charge < -0.3 is 10.5 Å². The van der Waals surface area contributed by atoms with Crippen LogP contribution in [0.15, 0.2) is 18.2 Å². The molecule has 1 fully saturated rings. The lowest BCUT2D eigenvalue weighted by Gasteiger charge is -2.17. The summed E-state index contributed by atoms with van der Waals surface area (Å²) in [6.45, 7) is 2.46. The molecule has 17 heavy (non-hydrogen) atoms. The maximum absolute atomic E-state index is 13.7. The van der Waals surface area contributed by atoms with E-state index < -0.39 is 0 Å². The average molecular weight is 237 g/mol. The van der Waals surface area contributed by atoms with E-state index in [1.165, 1.54) is 31.7 Å². The summed E-state index contributed by atoms with van der Waals surface area (Å²) in [7, 11) is 0. The highest BCUT2D eigenvalue weighted by Gasteiger charge is 2.18. The van der Waals surface area contributed by atoms with Crippen LogP contribution in [0.3, 0.4) is 0 Å². The van der Waals surface area contributed by atoms with Crippen LogP contribution in [0, 0.1) is 11.7 Å². The first-order valence-corrected chi connectivity index (χ1v) is 6.35. The Balaban J connectivity index is 2.07. The maximum atomic E-state index is 13.7. The third-order valence-corrected chi connectivity index (χ3v) is 3.43. The van der Waals surface area contributed by atoms with Crippen LogP contribution >= 0.6 is 0 Å². The highest BCUT2D eigenvalue weighted by molar-refractivity contribution is 5.36. The maximum Gasteiger partial charge on any atom is 0.165 e. The quantitative estimate of drug-likeness (QED) is 0.871. The zero-order valence-corrected chi connectivity index (χ0v) is 10.3. The van der Waals surface area contributed by atoms with E-state index in [9.17, 15) is 4.39 Å². The first kappa shape index (κ1) is 12.4. The van der Waals surface area contributed by atoms with Crippen molar-refractivity contribution in [3.05, 3.63) is 29.6 Å². The molecule has 1 aromatic carbocycles. The Hall–Kier alpha value is -1.09. The summed E-state index contributed by atoms with van der Waals surface area (Å²) in [6, 6.07) is 4.73. The van der Waals surface area contributed by atoms with Gasteiger partial charge in [0.25, 0.3) is 0 Å². The lowest BCUT2D eigenvalue weighted by molar-refractivity contribution is 0.239. The summed E-state index contributed by atoms with van der Waals surface area (Å²) >= 11 is 0. The first-order valence-electron chi connectivity index (χ1n) is 6.35. The van der Waals surface area contributed by atoms with Gasteiger partial charge in [-0.1, -0.05) is 25.0 Å². The Bertz CT molecular complexity index is 372. The molecule has 0 bridgehead atoms. The van der Waals surface area contributed by atoms with Crippen LogP contribution in [-0.4, -0.2) is 6.61 Å². The molecular formula is C14H20FNO. The van der Waals surface area contributed by atoms with Crippen molar-refractivity contribution in [2.45, 2.75) is 38.6 Å². The number of ether oxygens (including phenoxy) is 1. The predicted octanol–water partition coefficient (Wildman–Crippen LogP) is 3.41. The molecule has 1 aliphatic rings. The van der Waals surface area contributed by atoms with Crippen molar-refractivity contribution in [2.24, 2.45) is 11.7 Å². The monoisotopic (exact) mass is 237 g/mol. The van der Waals surface area contributed by atoms with Crippen molar-refractivity contribution >= 4 is 0 Å². The van der Waals surface area contributed by atoms with Gasteiger partial charge in [-0.3, -0.25) is 0 Å². The van der Waals surface area contributed by atoms with Crippen LogP contribution in [0.2, 0.25) is 0 Å². The fourth-order valence-corrected chi connectivity index (χ4v) is 2.41. The fraction of sp³-hybridized carbons (Fsp3) is 0.571. The molecule has 2 nitrogen and oxygen atoms in total. The van der Waals surface area contributed by atoms with E-state index in [0.717, 1.165) is 5.56 Å². The summed E-state index contributed by atoms with van der Waals surface area (Å²) in [5, 5.41) is 0. The zero-order valence-electron chi connectivity index (χ0n) is 10.3. The smallest absolute Gasteiger partial charge is 0.165 e. The van der Waals surface area contributed by atoms with E-state index in [2.05, 4.69) is 0 Å². The molecule has 1 aromatic rings. The Morgan fingerprint density at radius 1 is 1.41 bits per heavy atom. The molecule has 1 saturated carbocycles. The molecule has 0 radical (unpaired) electrons. The van der Waals surface area contributed by atoms with Crippen molar-refractivity contribution in [3.63, 3.8) is 0 Å². The van der Waals surface area contributed by atoms with Crippen molar-refractivity contribution in [1.82, 2.24) is 0 Å². The van der Waals surface area contributed by atoms with Crippen LogP contribution in [0.5, 0.6) is 5.75 Å². The molecule has 2 rings (SSSR count). The van der Waals surface area contributed by atoms with Gasteiger partial charge in [-0.25, -0.2) is 4.39 Å². The van der Waals surface area contributed by atoms with Gasteiger partial charge in [0.2, 0.25) is 0 Å². The summed E-state index contributed by atoms with van der Waals surface area (Å²) < 4.78 is 19.4. The number of halogens is 1. The molecule has 0 heterocycles. The molecule has 2 N–H and O–H groups in total. The fourth-order valence-electron chi connectivity index (χ4n) is 2.41. The van der Waals surface area contributed by atoms with Gasteiger partial charge in [0, 0.05) is 11.6 Å². The van der Waals surface area contributed by atoms with Gasteiger partial charge in [0.1, 0.15) is 0 Å². The van der Waals surface area contributed by atoms with Gasteiger partial charge >= 0.3 is 0 Å². The van der Waals surface area contributed by atoms with Crippen LogP contribution in [0.4, 0.5) is 4.39 Å². The summed E-state index contributed by atoms with van der Waals surface area (Å²) in [5.41, 5.74) is 6.57. The number of hydrogen-bond donors (Lipinski definition) is 1. The number of para-hydroxylation sites is 1. The van der Waals surface area contributed by atoms with Gasteiger partial charge in [0.05, 0.1) is 6.61 Å². The minimum atomic E-state index is -0.308. The van der Waals surface area contributed by atoms with Crippen molar-refractivity contribution < 1.29 is 9.13 Å². The highest BCUT2D eigenvalue weighted by Crippen LogP contribution is 2.30.